The van der Waals surface area contributed by atoms with Crippen LogP contribution < -0.4 is 0 Å². The van der Waals surface area contributed by atoms with E-state index in [1.165, 1.54) is 0 Å². The van der Waals surface area contributed by atoms with E-state index in [2.05, 4.69) is 11.3 Å². The van der Waals surface area contributed by atoms with Gasteiger partial charge in [-0.2, -0.15) is 22.0 Å². The van der Waals surface area contributed by atoms with Crippen LogP contribution in [0.5, 0.6) is 0 Å². The summed E-state index contributed by atoms with van der Waals surface area (Å²) in [6.45, 7) is 5.73. The molecule has 0 spiro atoms. The number of rotatable bonds is 9. The molecular formula is C13H18F6O2. The second-order valence-corrected chi connectivity index (χ2v) is 4.71. The monoisotopic (exact) mass is 320 g/mol. The summed E-state index contributed by atoms with van der Waals surface area (Å²) < 4.78 is 83.3. The van der Waals surface area contributed by atoms with Gasteiger partial charge in [-0.3, -0.25) is 0 Å². The number of hydrogen-bond acceptors (Lipinski definition) is 2. The molecule has 0 aromatic heterocycles. The molecule has 0 aromatic rings. The summed E-state index contributed by atoms with van der Waals surface area (Å²) in [5.74, 6) is -12.3. The first kappa shape index (κ1) is 19.8. The third kappa shape index (κ3) is 4.93. The topological polar surface area (TPSA) is 26.3 Å². The van der Waals surface area contributed by atoms with E-state index in [1.807, 2.05) is 0 Å². The number of halogens is 6. The molecule has 0 radical (unpaired) electrons. The third-order valence-corrected chi connectivity index (χ3v) is 2.74. The smallest absolute Gasteiger partial charge is 0.378 e. The van der Waals surface area contributed by atoms with Crippen molar-refractivity contribution in [3.8, 4) is 0 Å². The fourth-order valence-electron chi connectivity index (χ4n) is 1.38. The first-order valence-corrected chi connectivity index (χ1v) is 6.38. The lowest BCUT2D eigenvalue weighted by molar-refractivity contribution is -0.303. The van der Waals surface area contributed by atoms with E-state index in [9.17, 15) is 31.1 Å². The Balaban J connectivity index is 4.90. The first-order chi connectivity index (χ1) is 9.48. The van der Waals surface area contributed by atoms with E-state index in [4.69, 9.17) is 0 Å². The van der Waals surface area contributed by atoms with E-state index in [0.717, 1.165) is 6.92 Å². The summed E-state index contributed by atoms with van der Waals surface area (Å²) in [5, 5.41) is 0. The molecule has 124 valence electrons. The maximum atomic E-state index is 13.3. The predicted molar refractivity (Wildman–Crippen MR) is 64.7 cm³/mol. The molecular weight excluding hydrogens is 302 g/mol. The highest BCUT2D eigenvalue weighted by Gasteiger charge is 2.67. The van der Waals surface area contributed by atoms with Gasteiger partial charge in [0.15, 0.2) is 6.17 Å². The standard InChI is InChI=1S/C13H18F6O2/c1-4-5-6-7-9(14)12(16,17)13(18,19)11(15)21-10(20)8(2)3/h9,11H,2,4-7H2,1,3H3. The maximum absolute atomic E-state index is 13.3. The SMILES string of the molecule is C=C(C)C(=O)OC(F)C(F)(F)C(F)(F)C(F)CCCCC. The minimum Gasteiger partial charge on any atom is -0.421 e. The van der Waals surface area contributed by atoms with Crippen molar-refractivity contribution in [3.05, 3.63) is 12.2 Å². The molecule has 2 unspecified atom stereocenters. The molecule has 0 heterocycles. The fraction of sp³-hybridized carbons (Fsp3) is 0.769. The average molecular weight is 320 g/mol. The van der Waals surface area contributed by atoms with E-state index >= 15 is 0 Å². The van der Waals surface area contributed by atoms with Crippen molar-refractivity contribution in [1.29, 1.82) is 0 Å². The van der Waals surface area contributed by atoms with Crippen molar-refractivity contribution < 1.29 is 35.9 Å². The Labute approximate surface area is 119 Å². The van der Waals surface area contributed by atoms with E-state index in [0.29, 0.717) is 12.8 Å². The van der Waals surface area contributed by atoms with Crippen LogP contribution in [0.15, 0.2) is 12.2 Å². The first-order valence-electron chi connectivity index (χ1n) is 6.38. The Hall–Kier alpha value is -1.21. The van der Waals surface area contributed by atoms with Gasteiger partial charge in [0.25, 0.3) is 0 Å². The quantitative estimate of drug-likeness (QED) is 0.269. The summed E-state index contributed by atoms with van der Waals surface area (Å²) in [6.07, 6.45) is -7.10. The number of esters is 1. The minimum absolute atomic E-state index is 0.0359. The summed E-state index contributed by atoms with van der Waals surface area (Å²) in [4.78, 5) is 10.9. The lowest BCUT2D eigenvalue weighted by Crippen LogP contribution is -2.54. The summed E-state index contributed by atoms with van der Waals surface area (Å²) in [6, 6.07) is 0. The fourth-order valence-corrected chi connectivity index (χ4v) is 1.38. The van der Waals surface area contributed by atoms with Crippen LogP contribution >= 0.6 is 0 Å². The molecule has 0 fully saturated rings. The van der Waals surface area contributed by atoms with Crippen LogP contribution in [-0.2, 0) is 9.53 Å². The zero-order valence-corrected chi connectivity index (χ0v) is 11.8. The van der Waals surface area contributed by atoms with Gasteiger partial charge < -0.3 is 4.74 Å². The number of unbranched alkanes of at least 4 members (excludes halogenated alkanes) is 2. The number of carbonyl (C=O) groups is 1. The Morgan fingerprint density at radius 1 is 1.14 bits per heavy atom. The van der Waals surface area contributed by atoms with Crippen LogP contribution in [0.2, 0.25) is 0 Å². The zero-order chi connectivity index (χ0) is 16.8. The van der Waals surface area contributed by atoms with Gasteiger partial charge >= 0.3 is 24.2 Å². The Bertz CT molecular complexity index is 370. The Morgan fingerprint density at radius 3 is 2.10 bits per heavy atom. The van der Waals surface area contributed by atoms with E-state index in [1.54, 1.807) is 6.92 Å². The lowest BCUT2D eigenvalue weighted by Gasteiger charge is -2.30. The number of ether oxygens (including phenoxy) is 1. The van der Waals surface area contributed by atoms with Gasteiger partial charge in [-0.15, -0.1) is 0 Å². The summed E-state index contributed by atoms with van der Waals surface area (Å²) in [7, 11) is 0. The average Bonchev–Trinajstić information content (AvgIpc) is 2.38. The molecule has 2 atom stereocenters. The molecule has 21 heavy (non-hydrogen) atoms. The van der Waals surface area contributed by atoms with Crippen molar-refractivity contribution in [2.75, 3.05) is 0 Å². The molecule has 0 aliphatic carbocycles. The van der Waals surface area contributed by atoms with Crippen molar-refractivity contribution in [2.24, 2.45) is 0 Å². The highest BCUT2D eigenvalue weighted by Crippen LogP contribution is 2.43. The molecule has 0 aromatic carbocycles. The van der Waals surface area contributed by atoms with Gasteiger partial charge in [0.05, 0.1) is 0 Å². The van der Waals surface area contributed by atoms with Crippen LogP contribution in [-0.4, -0.2) is 30.3 Å². The largest absolute Gasteiger partial charge is 0.421 e. The molecule has 0 amide bonds. The molecule has 0 N–H and O–H groups in total. The van der Waals surface area contributed by atoms with Crippen molar-refractivity contribution >= 4 is 5.97 Å². The van der Waals surface area contributed by atoms with Crippen molar-refractivity contribution in [2.45, 2.75) is 63.9 Å². The van der Waals surface area contributed by atoms with Gasteiger partial charge in [0, 0.05) is 5.57 Å². The van der Waals surface area contributed by atoms with Gasteiger partial charge in [0.2, 0.25) is 0 Å². The van der Waals surface area contributed by atoms with Gasteiger partial charge in [-0.25, -0.2) is 9.18 Å². The predicted octanol–water partition coefficient (Wildman–Crippen LogP) is 4.59. The molecule has 2 nitrogen and oxygen atoms in total. The highest BCUT2D eigenvalue weighted by atomic mass is 19.3. The third-order valence-electron chi connectivity index (χ3n) is 2.74. The number of hydrogen-bond donors (Lipinski definition) is 0. The molecule has 0 saturated heterocycles. The van der Waals surface area contributed by atoms with Crippen LogP contribution in [0, 0.1) is 0 Å². The molecule has 0 saturated carbocycles. The molecule has 0 bridgehead atoms. The maximum Gasteiger partial charge on any atom is 0.378 e. The van der Waals surface area contributed by atoms with Crippen molar-refractivity contribution in [3.63, 3.8) is 0 Å². The molecule has 0 rings (SSSR count). The number of alkyl halides is 6. The van der Waals surface area contributed by atoms with Crippen LogP contribution in [0.4, 0.5) is 26.3 Å². The highest BCUT2D eigenvalue weighted by molar-refractivity contribution is 5.87. The Kier molecular flexibility index (Phi) is 7.26. The van der Waals surface area contributed by atoms with Crippen LogP contribution in [0.3, 0.4) is 0 Å². The van der Waals surface area contributed by atoms with Gasteiger partial charge in [-0.05, 0) is 13.3 Å². The zero-order valence-electron chi connectivity index (χ0n) is 11.8. The lowest BCUT2D eigenvalue weighted by atomic mass is 10.0. The number of carbonyl (C=O) groups excluding carboxylic acids is 1. The summed E-state index contributed by atoms with van der Waals surface area (Å²) in [5.41, 5.74) is -0.448. The van der Waals surface area contributed by atoms with Crippen molar-refractivity contribution in [1.82, 2.24) is 0 Å². The second kappa shape index (κ2) is 7.70. The second-order valence-electron chi connectivity index (χ2n) is 4.71. The van der Waals surface area contributed by atoms with E-state index in [-0.39, 0.29) is 6.42 Å². The summed E-state index contributed by atoms with van der Waals surface area (Å²) >= 11 is 0. The molecule has 0 aliphatic heterocycles. The van der Waals surface area contributed by atoms with Crippen LogP contribution in [0.25, 0.3) is 0 Å². The molecule has 0 aliphatic rings. The van der Waals surface area contributed by atoms with Crippen LogP contribution in [0.1, 0.15) is 39.5 Å². The van der Waals surface area contributed by atoms with Gasteiger partial charge in [-0.1, -0.05) is 32.8 Å². The van der Waals surface area contributed by atoms with Gasteiger partial charge in [0.1, 0.15) is 0 Å². The Morgan fingerprint density at radius 2 is 1.67 bits per heavy atom. The van der Waals surface area contributed by atoms with E-state index < -0.39 is 42.3 Å². The normalized spacial score (nSPS) is 15.4. The minimum atomic E-state index is -5.47. The molecule has 8 heteroatoms.